The number of aromatic nitrogens is 2. The maximum atomic E-state index is 11.8. The summed E-state index contributed by atoms with van der Waals surface area (Å²) in [7, 11) is 0. The maximum absolute atomic E-state index is 11.8. The van der Waals surface area contributed by atoms with Gasteiger partial charge in [0.1, 0.15) is 5.65 Å². The van der Waals surface area contributed by atoms with Crippen LogP contribution < -0.4 is 0 Å². The van der Waals surface area contributed by atoms with E-state index in [1.165, 1.54) is 0 Å². The molecule has 4 nitrogen and oxygen atoms in total. The molecule has 0 aliphatic carbocycles. The Hall–Kier alpha value is -1.55. The van der Waals surface area contributed by atoms with Gasteiger partial charge < -0.3 is 4.74 Å². The van der Waals surface area contributed by atoms with Crippen LogP contribution in [0.5, 0.6) is 0 Å². The molecule has 0 saturated heterocycles. The quantitative estimate of drug-likeness (QED) is 0.772. The first-order chi connectivity index (χ1) is 8.04. The van der Waals surface area contributed by atoms with Crippen molar-refractivity contribution in [2.75, 3.05) is 6.61 Å². The third-order valence-electron chi connectivity index (χ3n) is 2.55. The molecule has 0 atom stereocenters. The van der Waals surface area contributed by atoms with Crippen LogP contribution in [0, 0.1) is 13.8 Å². The van der Waals surface area contributed by atoms with Crippen molar-refractivity contribution in [3.63, 3.8) is 0 Å². The van der Waals surface area contributed by atoms with E-state index in [2.05, 4.69) is 4.98 Å². The van der Waals surface area contributed by atoms with Gasteiger partial charge in [-0.2, -0.15) is 0 Å². The molecule has 0 fully saturated rings. The lowest BCUT2D eigenvalue weighted by Crippen LogP contribution is -2.09. The van der Waals surface area contributed by atoms with Gasteiger partial charge in [-0.15, -0.1) is 0 Å². The van der Waals surface area contributed by atoms with Gasteiger partial charge in [-0.05, 0) is 32.4 Å². The number of ether oxygens (including phenoxy) is 1. The molecule has 0 aliphatic heterocycles. The minimum atomic E-state index is -0.377. The summed E-state index contributed by atoms with van der Waals surface area (Å²) in [5, 5.41) is 0.598. The number of carbonyl (C=O) groups excluding carboxylic acids is 1. The van der Waals surface area contributed by atoms with Crippen molar-refractivity contribution in [3.05, 3.63) is 34.2 Å². The molecule has 0 spiro atoms. The van der Waals surface area contributed by atoms with E-state index in [0.717, 1.165) is 5.56 Å². The predicted molar refractivity (Wildman–Crippen MR) is 65.6 cm³/mol. The molecule has 2 heterocycles. The number of nitrogens with zero attached hydrogens (tertiary/aromatic N) is 2. The van der Waals surface area contributed by atoms with Crippen molar-refractivity contribution < 1.29 is 9.53 Å². The van der Waals surface area contributed by atoms with Gasteiger partial charge in [0.15, 0.2) is 5.69 Å². The van der Waals surface area contributed by atoms with Crippen LogP contribution in [0.2, 0.25) is 5.02 Å². The largest absolute Gasteiger partial charge is 0.461 e. The number of carbonyl (C=O) groups is 1. The zero-order chi connectivity index (χ0) is 12.6. The molecule has 0 bridgehead atoms. The van der Waals surface area contributed by atoms with Crippen molar-refractivity contribution in [2.45, 2.75) is 20.8 Å². The normalized spacial score (nSPS) is 10.8. The molecule has 2 aromatic heterocycles. The van der Waals surface area contributed by atoms with Gasteiger partial charge in [-0.25, -0.2) is 9.78 Å². The van der Waals surface area contributed by atoms with E-state index < -0.39 is 0 Å². The van der Waals surface area contributed by atoms with Gasteiger partial charge in [0.05, 0.1) is 17.3 Å². The zero-order valence-electron chi connectivity index (χ0n) is 9.95. The minimum absolute atomic E-state index is 0.338. The first kappa shape index (κ1) is 11.9. The van der Waals surface area contributed by atoms with E-state index in [1.807, 2.05) is 13.0 Å². The Morgan fingerprint density at radius 2 is 2.24 bits per heavy atom. The standard InChI is InChI=1S/C12H13ClN2O2/c1-4-17-12(16)11-8(3)14-10-5-7(2)9(13)6-15(10)11/h5-6H,4H2,1-3H3. The summed E-state index contributed by atoms with van der Waals surface area (Å²) in [6.07, 6.45) is 1.69. The Balaban J connectivity index is 2.66. The van der Waals surface area contributed by atoms with E-state index in [4.69, 9.17) is 16.3 Å². The van der Waals surface area contributed by atoms with E-state index in [-0.39, 0.29) is 5.97 Å². The molecule has 0 unspecified atom stereocenters. The van der Waals surface area contributed by atoms with Crippen molar-refractivity contribution >= 4 is 23.2 Å². The number of rotatable bonds is 2. The molecule has 0 aliphatic rings. The van der Waals surface area contributed by atoms with E-state index >= 15 is 0 Å². The van der Waals surface area contributed by atoms with Crippen LogP contribution in [0.3, 0.4) is 0 Å². The van der Waals surface area contributed by atoms with Gasteiger partial charge in [0.25, 0.3) is 0 Å². The predicted octanol–water partition coefficient (Wildman–Crippen LogP) is 2.78. The van der Waals surface area contributed by atoms with Crippen LogP contribution in [-0.2, 0) is 4.74 Å². The number of esters is 1. The highest BCUT2D eigenvalue weighted by Crippen LogP contribution is 2.20. The first-order valence-corrected chi connectivity index (χ1v) is 5.74. The number of hydrogen-bond acceptors (Lipinski definition) is 3. The molecule has 17 heavy (non-hydrogen) atoms. The third kappa shape index (κ3) is 2.00. The summed E-state index contributed by atoms with van der Waals surface area (Å²) in [5.74, 6) is -0.377. The average molecular weight is 253 g/mol. The smallest absolute Gasteiger partial charge is 0.357 e. The monoisotopic (exact) mass is 252 g/mol. The summed E-state index contributed by atoms with van der Waals surface area (Å²) < 4.78 is 6.67. The highest BCUT2D eigenvalue weighted by Gasteiger charge is 2.18. The fourth-order valence-corrected chi connectivity index (χ4v) is 1.88. The number of halogens is 1. The summed E-state index contributed by atoms with van der Waals surface area (Å²) in [4.78, 5) is 16.1. The van der Waals surface area contributed by atoms with Crippen LogP contribution in [0.4, 0.5) is 0 Å². The Kier molecular flexibility index (Phi) is 3.07. The topological polar surface area (TPSA) is 43.6 Å². The van der Waals surface area contributed by atoms with Crippen molar-refractivity contribution in [2.24, 2.45) is 0 Å². The Morgan fingerprint density at radius 3 is 2.88 bits per heavy atom. The molecule has 5 heteroatoms. The molecular weight excluding hydrogens is 240 g/mol. The fraction of sp³-hybridized carbons (Fsp3) is 0.333. The van der Waals surface area contributed by atoms with Crippen LogP contribution in [0.1, 0.15) is 28.7 Å². The molecule has 0 N–H and O–H groups in total. The highest BCUT2D eigenvalue weighted by molar-refractivity contribution is 6.31. The molecule has 90 valence electrons. The highest BCUT2D eigenvalue weighted by atomic mass is 35.5. The molecule has 2 aromatic rings. The lowest BCUT2D eigenvalue weighted by Gasteiger charge is -2.04. The lowest BCUT2D eigenvalue weighted by molar-refractivity contribution is 0.0517. The van der Waals surface area contributed by atoms with Crippen LogP contribution in [0.25, 0.3) is 5.65 Å². The first-order valence-electron chi connectivity index (χ1n) is 5.36. The van der Waals surface area contributed by atoms with E-state index in [1.54, 1.807) is 24.4 Å². The van der Waals surface area contributed by atoms with Crippen LogP contribution in [0.15, 0.2) is 12.3 Å². The molecule has 0 amide bonds. The van der Waals surface area contributed by atoms with Gasteiger partial charge in [-0.1, -0.05) is 11.6 Å². The molecular formula is C12H13ClN2O2. The number of fused-ring (bicyclic) bond motifs is 1. The number of hydrogen-bond donors (Lipinski definition) is 0. The molecule has 2 rings (SSSR count). The van der Waals surface area contributed by atoms with E-state index in [0.29, 0.717) is 28.7 Å². The number of pyridine rings is 1. The summed E-state index contributed by atoms with van der Waals surface area (Å²) >= 11 is 6.05. The lowest BCUT2D eigenvalue weighted by atomic mass is 10.3. The van der Waals surface area contributed by atoms with E-state index in [9.17, 15) is 4.79 Å². The third-order valence-corrected chi connectivity index (χ3v) is 2.94. The van der Waals surface area contributed by atoms with Crippen molar-refractivity contribution in [1.82, 2.24) is 9.38 Å². The van der Waals surface area contributed by atoms with Crippen LogP contribution in [-0.4, -0.2) is 22.0 Å². The van der Waals surface area contributed by atoms with Gasteiger partial charge in [0.2, 0.25) is 0 Å². The molecule has 0 saturated carbocycles. The average Bonchev–Trinajstić information content (AvgIpc) is 2.55. The molecule has 0 radical (unpaired) electrons. The summed E-state index contributed by atoms with van der Waals surface area (Å²) in [6.45, 7) is 5.79. The fourth-order valence-electron chi connectivity index (χ4n) is 1.72. The van der Waals surface area contributed by atoms with Gasteiger partial charge in [-0.3, -0.25) is 4.40 Å². The second kappa shape index (κ2) is 4.37. The second-order valence-electron chi connectivity index (χ2n) is 3.80. The zero-order valence-corrected chi connectivity index (χ0v) is 10.7. The second-order valence-corrected chi connectivity index (χ2v) is 4.21. The Bertz CT molecular complexity index is 590. The van der Waals surface area contributed by atoms with Gasteiger partial charge in [0, 0.05) is 6.20 Å². The SMILES string of the molecule is CCOC(=O)c1c(C)nc2cc(C)c(Cl)cn12. The summed E-state index contributed by atoms with van der Waals surface area (Å²) in [5.41, 5.74) is 2.71. The van der Waals surface area contributed by atoms with Crippen molar-refractivity contribution in [3.8, 4) is 0 Å². The van der Waals surface area contributed by atoms with Crippen LogP contribution >= 0.6 is 11.6 Å². The molecule has 0 aromatic carbocycles. The Morgan fingerprint density at radius 1 is 1.53 bits per heavy atom. The van der Waals surface area contributed by atoms with Crippen molar-refractivity contribution in [1.29, 1.82) is 0 Å². The summed E-state index contributed by atoms with van der Waals surface area (Å²) in [6, 6.07) is 1.85. The van der Waals surface area contributed by atoms with Gasteiger partial charge >= 0.3 is 5.97 Å². The number of imidazole rings is 1. The minimum Gasteiger partial charge on any atom is -0.461 e. The Labute approximate surface area is 104 Å². The number of aryl methyl sites for hydroxylation is 2. The maximum Gasteiger partial charge on any atom is 0.357 e.